The predicted octanol–water partition coefficient (Wildman–Crippen LogP) is -0.179. The lowest BCUT2D eigenvalue weighted by molar-refractivity contribution is 0.137. The molecule has 0 spiro atoms. The predicted molar refractivity (Wildman–Crippen MR) is 51.3 cm³/mol. The molecular weight excluding hydrogens is 184 g/mol. The monoisotopic (exact) mass is 200 g/mol. The van der Waals surface area contributed by atoms with Gasteiger partial charge in [0.15, 0.2) is 6.23 Å². The molecule has 0 aromatic carbocycles. The van der Waals surface area contributed by atoms with Crippen LogP contribution in [0.3, 0.4) is 0 Å². The number of hydrogen-bond acceptors (Lipinski definition) is 5. The van der Waals surface area contributed by atoms with E-state index in [2.05, 4.69) is 10.2 Å². The van der Waals surface area contributed by atoms with E-state index in [0.29, 0.717) is 6.54 Å². The quantitative estimate of drug-likeness (QED) is 0.577. The highest BCUT2D eigenvalue weighted by atomic mass is 16.3. The molecule has 1 aliphatic rings. The van der Waals surface area contributed by atoms with Crippen LogP contribution in [0.15, 0.2) is 10.2 Å². The molecule has 6 heteroatoms. The lowest BCUT2D eigenvalue weighted by Gasteiger charge is -2.28. The van der Waals surface area contributed by atoms with E-state index in [-0.39, 0.29) is 19.0 Å². The van der Waals surface area contributed by atoms with E-state index >= 15 is 0 Å². The fraction of sp³-hybridized carbons (Fsp3) is 0.875. The molecule has 0 radical (unpaired) electrons. The number of rotatable bonds is 2. The van der Waals surface area contributed by atoms with Crippen molar-refractivity contribution in [1.82, 2.24) is 4.90 Å². The number of β-amino-alcohol motifs (C(OH)–C–C–N with tert-alkyl or cyclic N) is 2. The van der Waals surface area contributed by atoms with E-state index in [1.54, 1.807) is 18.7 Å². The average molecular weight is 200 g/mol. The number of nitrogens with one attached hydrogen (secondary N) is 1. The molecule has 1 rings (SSSR count). The van der Waals surface area contributed by atoms with Gasteiger partial charge in [-0.3, -0.25) is 5.41 Å². The summed E-state index contributed by atoms with van der Waals surface area (Å²) in [4.78, 5) is 1.59. The molecule has 6 nitrogen and oxygen atoms in total. The summed E-state index contributed by atoms with van der Waals surface area (Å²) < 4.78 is 0. The van der Waals surface area contributed by atoms with Crippen molar-refractivity contribution in [3.05, 3.63) is 0 Å². The number of aliphatic hydroxyl groups is 2. The molecular formula is C8H16N4O2. The fourth-order valence-electron chi connectivity index (χ4n) is 1.29. The van der Waals surface area contributed by atoms with Gasteiger partial charge in [-0.05, 0) is 13.8 Å². The Balaban J connectivity index is 2.84. The minimum absolute atomic E-state index is 0.0504. The van der Waals surface area contributed by atoms with Crippen molar-refractivity contribution in [2.45, 2.75) is 25.6 Å². The summed E-state index contributed by atoms with van der Waals surface area (Å²) in [5.74, 6) is 0.270. The van der Waals surface area contributed by atoms with Gasteiger partial charge in [-0.15, -0.1) is 0 Å². The van der Waals surface area contributed by atoms with Crippen LogP contribution >= 0.6 is 0 Å². The van der Waals surface area contributed by atoms with Gasteiger partial charge in [-0.1, -0.05) is 0 Å². The molecule has 0 amide bonds. The van der Waals surface area contributed by atoms with Gasteiger partial charge in [0.1, 0.15) is 11.4 Å². The lowest BCUT2D eigenvalue weighted by atomic mass is 10.0. The first-order valence-electron chi connectivity index (χ1n) is 4.52. The molecule has 1 atom stereocenters. The van der Waals surface area contributed by atoms with Crippen LogP contribution in [0.1, 0.15) is 13.8 Å². The van der Waals surface area contributed by atoms with Crippen molar-refractivity contribution in [1.29, 1.82) is 5.41 Å². The maximum absolute atomic E-state index is 9.36. The summed E-state index contributed by atoms with van der Waals surface area (Å²) in [6.07, 6.45) is -0.913. The molecule has 80 valence electrons. The summed E-state index contributed by atoms with van der Waals surface area (Å²) in [7, 11) is 0. The van der Waals surface area contributed by atoms with Gasteiger partial charge in [-0.2, -0.15) is 10.2 Å². The Morgan fingerprint density at radius 1 is 1.64 bits per heavy atom. The molecule has 0 aromatic rings. The van der Waals surface area contributed by atoms with E-state index in [1.165, 1.54) is 0 Å². The highest BCUT2D eigenvalue weighted by Crippen LogP contribution is 2.18. The first-order chi connectivity index (χ1) is 6.47. The topological polar surface area (TPSA) is 92.3 Å². The Bertz CT molecular complexity index is 252. The first-order valence-corrected chi connectivity index (χ1v) is 4.52. The highest BCUT2D eigenvalue weighted by Gasteiger charge is 2.31. The smallest absolute Gasteiger partial charge is 0.183 e. The Labute approximate surface area is 82.8 Å². The molecule has 0 aromatic heterocycles. The third-order valence-electron chi connectivity index (χ3n) is 2.09. The number of azo groups is 1. The standard InChI is InChI=1S/C8H16N4O2/c1-8(2)7(9)12(3-4-13)5-6(14)10-11-8/h6,9,13-14H,3-5H2,1-2H3. The SMILES string of the molecule is CC1(C)N=NC(O)CN(CCO)C1=N. The summed E-state index contributed by atoms with van der Waals surface area (Å²) in [6, 6.07) is 0. The molecule has 3 N–H and O–H groups in total. The zero-order valence-electron chi connectivity index (χ0n) is 8.43. The van der Waals surface area contributed by atoms with E-state index in [9.17, 15) is 5.11 Å². The molecule has 0 saturated heterocycles. The third kappa shape index (κ3) is 2.27. The second-order valence-corrected chi connectivity index (χ2v) is 3.77. The van der Waals surface area contributed by atoms with Crippen LogP contribution in [-0.4, -0.2) is 52.4 Å². The van der Waals surface area contributed by atoms with Crippen LogP contribution in [0.4, 0.5) is 0 Å². The molecule has 1 unspecified atom stereocenters. The van der Waals surface area contributed by atoms with E-state index in [4.69, 9.17) is 10.5 Å². The summed E-state index contributed by atoms with van der Waals surface area (Å²) in [5, 5.41) is 33.5. The molecule has 0 bridgehead atoms. The molecule has 0 aliphatic carbocycles. The van der Waals surface area contributed by atoms with Crippen molar-refractivity contribution < 1.29 is 10.2 Å². The zero-order chi connectivity index (χ0) is 10.8. The van der Waals surface area contributed by atoms with Crippen LogP contribution in [0.2, 0.25) is 0 Å². The van der Waals surface area contributed by atoms with Gasteiger partial charge >= 0.3 is 0 Å². The highest BCUT2D eigenvalue weighted by molar-refractivity contribution is 5.88. The summed E-state index contributed by atoms with van der Waals surface area (Å²) in [5.41, 5.74) is -0.730. The fourth-order valence-corrected chi connectivity index (χ4v) is 1.29. The third-order valence-corrected chi connectivity index (χ3v) is 2.09. The van der Waals surface area contributed by atoms with Crippen LogP contribution < -0.4 is 0 Å². The molecule has 0 fully saturated rings. The Morgan fingerprint density at radius 2 is 2.29 bits per heavy atom. The molecule has 1 aliphatic heterocycles. The van der Waals surface area contributed by atoms with Crippen LogP contribution in [0.5, 0.6) is 0 Å². The Kier molecular flexibility index (Phi) is 3.17. The maximum atomic E-state index is 9.36. The Hall–Kier alpha value is -1.01. The molecule has 0 saturated carbocycles. The summed E-state index contributed by atoms with van der Waals surface area (Å²) in [6.45, 7) is 3.99. The number of aliphatic hydroxyl groups excluding tert-OH is 2. The summed E-state index contributed by atoms with van der Waals surface area (Å²) >= 11 is 0. The van der Waals surface area contributed by atoms with Gasteiger partial charge in [0, 0.05) is 6.54 Å². The Morgan fingerprint density at radius 3 is 2.86 bits per heavy atom. The molecule has 1 heterocycles. The van der Waals surface area contributed by atoms with Gasteiger partial charge < -0.3 is 15.1 Å². The van der Waals surface area contributed by atoms with Crippen molar-refractivity contribution in [3.63, 3.8) is 0 Å². The average Bonchev–Trinajstić information content (AvgIpc) is 2.20. The van der Waals surface area contributed by atoms with Gasteiger partial charge in [-0.25, -0.2) is 0 Å². The van der Waals surface area contributed by atoms with E-state index in [1.807, 2.05) is 0 Å². The van der Waals surface area contributed by atoms with Gasteiger partial charge in [0.25, 0.3) is 0 Å². The minimum atomic E-state index is -0.913. The van der Waals surface area contributed by atoms with Crippen LogP contribution in [0, 0.1) is 5.41 Å². The lowest BCUT2D eigenvalue weighted by Crippen LogP contribution is -2.45. The van der Waals surface area contributed by atoms with Crippen molar-refractivity contribution >= 4 is 5.84 Å². The normalized spacial score (nSPS) is 26.4. The number of amidine groups is 1. The van der Waals surface area contributed by atoms with E-state index < -0.39 is 11.8 Å². The van der Waals surface area contributed by atoms with Gasteiger partial charge in [0.05, 0.1) is 13.2 Å². The number of hydrogen-bond donors (Lipinski definition) is 3. The molecule has 14 heavy (non-hydrogen) atoms. The van der Waals surface area contributed by atoms with Crippen LogP contribution in [-0.2, 0) is 0 Å². The minimum Gasteiger partial charge on any atom is -0.395 e. The van der Waals surface area contributed by atoms with Crippen LogP contribution in [0.25, 0.3) is 0 Å². The number of nitrogens with zero attached hydrogens (tertiary/aromatic N) is 3. The largest absolute Gasteiger partial charge is 0.395 e. The first kappa shape index (κ1) is 11.1. The second kappa shape index (κ2) is 4.02. The van der Waals surface area contributed by atoms with Crippen molar-refractivity contribution in [2.75, 3.05) is 19.7 Å². The second-order valence-electron chi connectivity index (χ2n) is 3.77. The van der Waals surface area contributed by atoms with E-state index in [0.717, 1.165) is 0 Å². The van der Waals surface area contributed by atoms with Crippen molar-refractivity contribution in [2.24, 2.45) is 10.2 Å². The van der Waals surface area contributed by atoms with Gasteiger partial charge in [0.2, 0.25) is 0 Å². The maximum Gasteiger partial charge on any atom is 0.183 e. The zero-order valence-corrected chi connectivity index (χ0v) is 8.43. The van der Waals surface area contributed by atoms with Crippen molar-refractivity contribution in [3.8, 4) is 0 Å².